The number of esters is 1. The molecule has 3 aliphatic rings. The van der Waals surface area contributed by atoms with Crippen LogP contribution in [0.1, 0.15) is 70.6 Å². The van der Waals surface area contributed by atoms with Crippen LogP contribution in [0.15, 0.2) is 39.7 Å². The number of amides is 3. The summed E-state index contributed by atoms with van der Waals surface area (Å²) in [6.45, 7) is 5.03. The summed E-state index contributed by atoms with van der Waals surface area (Å²) in [5, 5.41) is 2.96. The molecule has 2 aliphatic carbocycles. The zero-order valence-corrected chi connectivity index (χ0v) is 28.4. The van der Waals surface area contributed by atoms with Gasteiger partial charge in [0.15, 0.2) is 0 Å². The number of primary amides is 1. The number of hydrogen-bond acceptors (Lipinski definition) is 9. The Kier molecular flexibility index (Phi) is 10.5. The van der Waals surface area contributed by atoms with Crippen molar-refractivity contribution < 1.29 is 33.1 Å². The molecule has 5 rings (SSSR count). The van der Waals surface area contributed by atoms with Gasteiger partial charge in [-0.1, -0.05) is 42.0 Å². The van der Waals surface area contributed by atoms with Crippen molar-refractivity contribution in [2.24, 2.45) is 17.6 Å². The maximum atomic E-state index is 13.6. The number of thioether (sulfide) groups is 1. The monoisotopic (exact) mass is 687 g/mol. The van der Waals surface area contributed by atoms with Gasteiger partial charge in [0, 0.05) is 22.7 Å². The van der Waals surface area contributed by atoms with Gasteiger partial charge in [-0.3, -0.25) is 14.5 Å². The fraction of sp³-hybridized carbons (Fsp3) is 0.485. The number of benzene rings is 1. The highest BCUT2D eigenvalue weighted by Crippen LogP contribution is 2.49. The van der Waals surface area contributed by atoms with Crippen molar-refractivity contribution in [3.05, 3.63) is 51.6 Å². The van der Waals surface area contributed by atoms with Crippen LogP contribution in [0, 0.1) is 11.8 Å². The predicted octanol–water partition coefficient (Wildman–Crippen LogP) is 6.23. The van der Waals surface area contributed by atoms with E-state index in [1.807, 2.05) is 23.1 Å². The second kappa shape index (κ2) is 14.2. The number of thiocarbonyl (C=S) groups is 1. The number of fused-ring (bicyclic) bond motifs is 2. The first-order valence-corrected chi connectivity index (χ1v) is 17.0. The lowest BCUT2D eigenvalue weighted by Gasteiger charge is -2.30. The van der Waals surface area contributed by atoms with Gasteiger partial charge in [-0.05, 0) is 101 Å². The fourth-order valence-electron chi connectivity index (χ4n) is 6.31. The fourth-order valence-corrected chi connectivity index (χ4v) is 7.78. The van der Waals surface area contributed by atoms with Gasteiger partial charge < -0.3 is 24.9 Å². The number of carbonyl (C=O) groups is 4. The normalized spacial score (nSPS) is 22.4. The van der Waals surface area contributed by atoms with Gasteiger partial charge in [0.05, 0.1) is 17.9 Å². The Labute approximate surface area is 282 Å². The third kappa shape index (κ3) is 8.32. The standard InChI is InChI=1S/C33H38ClN3O7S2/c1-33(2,3)44-31(41)36-23(16-28(35)38)30(40)42-12-4-5-21-15-25(19-8-10-22(34)11-9-19)43-26(21)17-27-29(39)37(32(45)46-27)24-14-18-6-7-20(24)13-18/h8-11,15,17-18,20,23-24H,4-7,12-14,16H2,1-3H3,(H2,35,38)(H,36,41). The molecule has 1 aromatic carbocycles. The number of ether oxygens (including phenoxy) is 2. The zero-order valence-electron chi connectivity index (χ0n) is 26.0. The van der Waals surface area contributed by atoms with E-state index in [1.54, 1.807) is 39.0 Å². The molecule has 1 aliphatic heterocycles. The highest BCUT2D eigenvalue weighted by atomic mass is 35.5. The van der Waals surface area contributed by atoms with Crippen molar-refractivity contribution in [1.29, 1.82) is 0 Å². The van der Waals surface area contributed by atoms with Gasteiger partial charge in [0.2, 0.25) is 5.91 Å². The van der Waals surface area contributed by atoms with E-state index in [0.29, 0.717) is 50.4 Å². The molecule has 1 aromatic heterocycles. The summed E-state index contributed by atoms with van der Waals surface area (Å²) >= 11 is 13.1. The van der Waals surface area contributed by atoms with E-state index >= 15 is 0 Å². The van der Waals surface area contributed by atoms with Gasteiger partial charge in [-0.25, -0.2) is 9.59 Å². The molecule has 246 valence electrons. The van der Waals surface area contributed by atoms with Crippen LogP contribution in [-0.2, 0) is 30.3 Å². The molecule has 2 bridgehead atoms. The number of nitrogens with one attached hydrogen (secondary N) is 1. The second-order valence-corrected chi connectivity index (χ2v) is 15.1. The van der Waals surface area contributed by atoms with E-state index in [4.69, 9.17) is 43.4 Å². The van der Waals surface area contributed by atoms with Crippen LogP contribution in [0.5, 0.6) is 0 Å². The average Bonchev–Trinajstić information content (AvgIpc) is 3.74. The third-order valence-electron chi connectivity index (χ3n) is 8.30. The van der Waals surface area contributed by atoms with Crippen molar-refractivity contribution in [3.8, 4) is 11.3 Å². The van der Waals surface area contributed by atoms with Crippen LogP contribution in [0.3, 0.4) is 0 Å². The average molecular weight is 688 g/mol. The Balaban J connectivity index is 1.28. The number of furan rings is 1. The lowest BCUT2D eigenvalue weighted by Crippen LogP contribution is -2.46. The minimum Gasteiger partial charge on any atom is -0.464 e. The maximum Gasteiger partial charge on any atom is 0.408 e. The molecule has 0 spiro atoms. The molecule has 10 nitrogen and oxygen atoms in total. The molecule has 3 amide bonds. The Morgan fingerprint density at radius 2 is 1.96 bits per heavy atom. The van der Waals surface area contributed by atoms with Crippen molar-refractivity contribution in [3.63, 3.8) is 0 Å². The van der Waals surface area contributed by atoms with Crippen molar-refractivity contribution in [1.82, 2.24) is 10.2 Å². The van der Waals surface area contributed by atoms with E-state index in [1.165, 1.54) is 24.6 Å². The van der Waals surface area contributed by atoms with Gasteiger partial charge in [0.25, 0.3) is 5.91 Å². The van der Waals surface area contributed by atoms with Crippen LogP contribution >= 0.6 is 35.6 Å². The highest BCUT2D eigenvalue weighted by molar-refractivity contribution is 8.26. The molecule has 3 fully saturated rings. The molecule has 46 heavy (non-hydrogen) atoms. The predicted molar refractivity (Wildman–Crippen MR) is 180 cm³/mol. The first-order chi connectivity index (χ1) is 21.8. The summed E-state index contributed by atoms with van der Waals surface area (Å²) in [7, 11) is 0. The van der Waals surface area contributed by atoms with Crippen molar-refractivity contribution >= 4 is 69.9 Å². The SMILES string of the molecule is CC(C)(C)OC(=O)NC(CC(N)=O)C(=O)OCCCc1cc(-c2ccc(Cl)cc2)oc1C=C1SC(=S)N(C2CC3CCC2C3)C1=O. The van der Waals surface area contributed by atoms with E-state index in [9.17, 15) is 19.2 Å². The minimum absolute atomic E-state index is 0.00264. The Morgan fingerprint density at radius 1 is 1.22 bits per heavy atom. The molecule has 2 heterocycles. The zero-order chi connectivity index (χ0) is 33.2. The first-order valence-electron chi connectivity index (χ1n) is 15.4. The lowest BCUT2D eigenvalue weighted by atomic mass is 9.94. The Morgan fingerprint density at radius 3 is 2.59 bits per heavy atom. The summed E-state index contributed by atoms with van der Waals surface area (Å²) in [6.07, 6.45) is 5.84. The van der Waals surface area contributed by atoms with Gasteiger partial charge in [-0.2, -0.15) is 0 Å². The molecule has 4 unspecified atom stereocenters. The van der Waals surface area contributed by atoms with E-state index in [-0.39, 0.29) is 18.6 Å². The maximum absolute atomic E-state index is 13.6. The van der Waals surface area contributed by atoms with E-state index in [2.05, 4.69) is 5.32 Å². The smallest absolute Gasteiger partial charge is 0.408 e. The molecule has 2 aromatic rings. The molecule has 1 saturated heterocycles. The van der Waals surface area contributed by atoms with Crippen molar-refractivity contribution in [2.75, 3.05) is 6.61 Å². The quantitative estimate of drug-likeness (QED) is 0.122. The van der Waals surface area contributed by atoms with Crippen LogP contribution < -0.4 is 11.1 Å². The number of halogens is 1. The molecule has 3 N–H and O–H groups in total. The van der Waals surface area contributed by atoms with Crippen molar-refractivity contribution in [2.45, 2.75) is 83.4 Å². The summed E-state index contributed by atoms with van der Waals surface area (Å²) in [5.41, 5.74) is 6.11. The highest BCUT2D eigenvalue weighted by Gasteiger charge is 2.48. The number of nitrogens with two attached hydrogens (primary N) is 1. The molecular formula is C33H38ClN3O7S2. The molecule has 13 heteroatoms. The number of hydrogen-bond donors (Lipinski definition) is 2. The largest absolute Gasteiger partial charge is 0.464 e. The van der Waals surface area contributed by atoms with Crippen LogP contribution in [-0.4, -0.2) is 57.4 Å². The third-order valence-corrected chi connectivity index (χ3v) is 9.89. The Hall–Kier alpha value is -3.35. The summed E-state index contributed by atoms with van der Waals surface area (Å²) in [4.78, 5) is 52.4. The van der Waals surface area contributed by atoms with Crippen LogP contribution in [0.25, 0.3) is 17.4 Å². The number of rotatable bonds is 11. The molecule has 2 saturated carbocycles. The van der Waals surface area contributed by atoms with Crippen LogP contribution in [0.4, 0.5) is 4.79 Å². The van der Waals surface area contributed by atoms with Gasteiger partial charge >= 0.3 is 12.1 Å². The molecule has 4 atom stereocenters. The molecule has 0 radical (unpaired) electrons. The van der Waals surface area contributed by atoms with Crippen LogP contribution in [0.2, 0.25) is 5.02 Å². The van der Waals surface area contributed by atoms with Gasteiger partial charge in [0.1, 0.15) is 27.5 Å². The molecular weight excluding hydrogens is 650 g/mol. The summed E-state index contributed by atoms with van der Waals surface area (Å²) in [5.74, 6) is 0.631. The first kappa shape index (κ1) is 34.0. The van der Waals surface area contributed by atoms with E-state index < -0.39 is 36.0 Å². The number of nitrogens with zero attached hydrogens (tertiary/aromatic N) is 1. The summed E-state index contributed by atoms with van der Waals surface area (Å²) in [6, 6.07) is 8.01. The number of alkyl carbamates (subject to hydrolysis) is 1. The van der Waals surface area contributed by atoms with Gasteiger partial charge in [-0.15, -0.1) is 0 Å². The lowest BCUT2D eigenvalue weighted by molar-refractivity contribution is -0.147. The van der Waals surface area contributed by atoms with E-state index in [0.717, 1.165) is 24.0 Å². The number of carbonyl (C=O) groups excluding carboxylic acids is 4. The summed E-state index contributed by atoms with van der Waals surface area (Å²) < 4.78 is 17.4. The topological polar surface area (TPSA) is 141 Å². The number of aryl methyl sites for hydroxylation is 1. The second-order valence-electron chi connectivity index (χ2n) is 12.9. The Bertz CT molecular complexity index is 1550. The minimum atomic E-state index is -1.29.